The van der Waals surface area contributed by atoms with E-state index < -0.39 is 11.5 Å². The Hall–Kier alpha value is -2.09. The van der Waals surface area contributed by atoms with E-state index >= 15 is 0 Å². The van der Waals surface area contributed by atoms with Gasteiger partial charge in [-0.15, -0.1) is 0 Å². The molecule has 0 N–H and O–H groups in total. The van der Waals surface area contributed by atoms with Crippen LogP contribution in [0.15, 0.2) is 23.1 Å². The van der Waals surface area contributed by atoms with Crippen LogP contribution < -0.4 is 5.56 Å². The van der Waals surface area contributed by atoms with E-state index in [-0.39, 0.29) is 18.7 Å². The second-order valence-electron chi connectivity index (χ2n) is 2.77. The molecule has 1 heterocycles. The Morgan fingerprint density at radius 3 is 3.00 bits per heavy atom. The molecule has 0 bridgehead atoms. The maximum atomic E-state index is 11.5. The van der Waals surface area contributed by atoms with E-state index in [1.807, 2.05) is 0 Å². The van der Waals surface area contributed by atoms with Crippen LogP contribution in [0.3, 0.4) is 0 Å². The van der Waals surface area contributed by atoms with Crippen molar-refractivity contribution in [3.8, 4) is 6.07 Å². The van der Waals surface area contributed by atoms with Gasteiger partial charge in [0, 0.05) is 6.20 Å². The molecular weight excluding hydrogens is 196 g/mol. The van der Waals surface area contributed by atoms with E-state index in [0.717, 1.165) is 4.57 Å². The summed E-state index contributed by atoms with van der Waals surface area (Å²) in [5.74, 6) is -0.491. The quantitative estimate of drug-likeness (QED) is 0.666. The highest BCUT2D eigenvalue weighted by atomic mass is 16.5. The number of nitriles is 1. The molecule has 0 aliphatic rings. The zero-order valence-corrected chi connectivity index (χ0v) is 8.27. The van der Waals surface area contributed by atoms with E-state index in [1.54, 1.807) is 19.1 Å². The normalized spacial score (nSPS) is 9.33. The van der Waals surface area contributed by atoms with E-state index in [2.05, 4.69) is 0 Å². The number of nitrogens with zero attached hydrogens (tertiary/aromatic N) is 2. The molecule has 0 atom stereocenters. The fourth-order valence-electron chi connectivity index (χ4n) is 1.09. The Balaban J connectivity index is 2.93. The SMILES string of the molecule is CCOC(=O)Cn1cccc(C#N)c1=O. The number of hydrogen-bond donors (Lipinski definition) is 0. The molecule has 0 radical (unpaired) electrons. The number of aromatic nitrogens is 1. The summed E-state index contributed by atoms with van der Waals surface area (Å²) in [6.45, 7) is 1.79. The van der Waals surface area contributed by atoms with Gasteiger partial charge in [-0.25, -0.2) is 0 Å². The average Bonchev–Trinajstić information content (AvgIpc) is 2.21. The molecule has 1 aromatic heterocycles. The van der Waals surface area contributed by atoms with Gasteiger partial charge in [-0.2, -0.15) is 5.26 Å². The Morgan fingerprint density at radius 1 is 1.67 bits per heavy atom. The molecule has 5 nitrogen and oxygen atoms in total. The van der Waals surface area contributed by atoms with Gasteiger partial charge >= 0.3 is 5.97 Å². The predicted molar refractivity (Wildman–Crippen MR) is 52.1 cm³/mol. The summed E-state index contributed by atoms with van der Waals surface area (Å²) >= 11 is 0. The second-order valence-corrected chi connectivity index (χ2v) is 2.77. The molecule has 5 heteroatoms. The third-order valence-electron chi connectivity index (χ3n) is 1.75. The van der Waals surface area contributed by atoms with Gasteiger partial charge in [-0.3, -0.25) is 9.59 Å². The molecule has 0 saturated heterocycles. The Labute approximate surface area is 86.5 Å². The number of pyridine rings is 1. The van der Waals surface area contributed by atoms with Crippen LogP contribution in [0.2, 0.25) is 0 Å². The summed E-state index contributed by atoms with van der Waals surface area (Å²) in [4.78, 5) is 22.6. The van der Waals surface area contributed by atoms with Crippen molar-refractivity contribution in [1.82, 2.24) is 4.57 Å². The van der Waals surface area contributed by atoms with Crippen LogP contribution in [0.5, 0.6) is 0 Å². The molecule has 78 valence electrons. The van der Waals surface area contributed by atoms with Gasteiger partial charge in [0.1, 0.15) is 18.2 Å². The van der Waals surface area contributed by atoms with Crippen LogP contribution in [0.25, 0.3) is 0 Å². The van der Waals surface area contributed by atoms with Gasteiger partial charge in [0.25, 0.3) is 5.56 Å². The smallest absolute Gasteiger partial charge is 0.326 e. The van der Waals surface area contributed by atoms with Crippen molar-refractivity contribution in [1.29, 1.82) is 5.26 Å². The van der Waals surface area contributed by atoms with Crippen LogP contribution in [0, 0.1) is 11.3 Å². The summed E-state index contributed by atoms with van der Waals surface area (Å²) in [5.41, 5.74) is -0.463. The van der Waals surface area contributed by atoms with E-state index in [0.29, 0.717) is 0 Å². The van der Waals surface area contributed by atoms with Gasteiger partial charge in [-0.1, -0.05) is 0 Å². The van der Waals surface area contributed by atoms with Crippen molar-refractivity contribution >= 4 is 5.97 Å². The molecule has 0 spiro atoms. The number of rotatable bonds is 3. The standard InChI is InChI=1S/C10H10N2O3/c1-2-15-9(13)7-12-5-3-4-8(6-11)10(12)14/h3-5H,2,7H2,1H3. The monoisotopic (exact) mass is 206 g/mol. The van der Waals surface area contributed by atoms with Gasteiger partial charge in [-0.05, 0) is 19.1 Å². The maximum absolute atomic E-state index is 11.5. The first kappa shape index (κ1) is 11.0. The summed E-state index contributed by atoms with van der Waals surface area (Å²) in [7, 11) is 0. The molecule has 0 unspecified atom stereocenters. The first-order valence-electron chi connectivity index (χ1n) is 4.44. The highest BCUT2D eigenvalue weighted by molar-refractivity contribution is 5.69. The largest absolute Gasteiger partial charge is 0.465 e. The average molecular weight is 206 g/mol. The highest BCUT2D eigenvalue weighted by Crippen LogP contribution is 1.91. The molecule has 0 aliphatic carbocycles. The lowest BCUT2D eigenvalue weighted by atomic mass is 10.3. The summed E-state index contributed by atoms with van der Waals surface area (Å²) in [5, 5.41) is 8.60. The fourth-order valence-corrected chi connectivity index (χ4v) is 1.09. The lowest BCUT2D eigenvalue weighted by Gasteiger charge is -2.04. The molecule has 0 fully saturated rings. The third kappa shape index (κ3) is 2.68. The lowest BCUT2D eigenvalue weighted by Crippen LogP contribution is -2.26. The Bertz CT molecular complexity index is 456. The summed E-state index contributed by atoms with van der Waals surface area (Å²) in [6, 6.07) is 4.70. The maximum Gasteiger partial charge on any atom is 0.326 e. The van der Waals surface area contributed by atoms with Crippen molar-refractivity contribution in [2.45, 2.75) is 13.5 Å². The molecule has 1 rings (SSSR count). The zero-order valence-electron chi connectivity index (χ0n) is 8.27. The Kier molecular flexibility index (Phi) is 3.63. The molecule has 15 heavy (non-hydrogen) atoms. The van der Waals surface area contributed by atoms with Crippen molar-refractivity contribution in [3.63, 3.8) is 0 Å². The van der Waals surface area contributed by atoms with Crippen LogP contribution in [-0.2, 0) is 16.1 Å². The number of carbonyl (C=O) groups excluding carboxylic acids is 1. The number of carbonyl (C=O) groups is 1. The molecule has 0 amide bonds. The zero-order chi connectivity index (χ0) is 11.3. The molecular formula is C10H10N2O3. The number of ether oxygens (including phenoxy) is 1. The second kappa shape index (κ2) is 4.96. The van der Waals surface area contributed by atoms with Gasteiger partial charge in [0.15, 0.2) is 0 Å². The van der Waals surface area contributed by atoms with Gasteiger partial charge in [0.2, 0.25) is 0 Å². The van der Waals surface area contributed by atoms with E-state index in [4.69, 9.17) is 10.00 Å². The van der Waals surface area contributed by atoms with Crippen LogP contribution in [0.4, 0.5) is 0 Å². The predicted octanol–water partition coefficient (Wildman–Crippen LogP) is 0.283. The van der Waals surface area contributed by atoms with Crippen molar-refractivity contribution in [2.75, 3.05) is 6.61 Å². The minimum absolute atomic E-state index is 0.0156. The first-order chi connectivity index (χ1) is 7.19. The first-order valence-corrected chi connectivity index (χ1v) is 4.44. The topological polar surface area (TPSA) is 72.1 Å². The van der Waals surface area contributed by atoms with E-state index in [9.17, 15) is 9.59 Å². The summed E-state index contributed by atoms with van der Waals surface area (Å²) in [6.07, 6.45) is 1.44. The van der Waals surface area contributed by atoms with Gasteiger partial charge < -0.3 is 9.30 Å². The van der Waals surface area contributed by atoms with Crippen molar-refractivity contribution in [2.24, 2.45) is 0 Å². The molecule has 1 aromatic rings. The fraction of sp³-hybridized carbons (Fsp3) is 0.300. The van der Waals surface area contributed by atoms with Crippen LogP contribution in [-0.4, -0.2) is 17.1 Å². The van der Waals surface area contributed by atoms with Crippen molar-refractivity contribution < 1.29 is 9.53 Å². The van der Waals surface area contributed by atoms with E-state index in [1.165, 1.54) is 12.3 Å². The molecule has 0 saturated carbocycles. The van der Waals surface area contributed by atoms with Gasteiger partial charge in [0.05, 0.1) is 6.61 Å². The molecule has 0 aromatic carbocycles. The van der Waals surface area contributed by atoms with Crippen molar-refractivity contribution in [3.05, 3.63) is 34.2 Å². The minimum atomic E-state index is -0.491. The molecule has 0 aliphatic heterocycles. The van der Waals surface area contributed by atoms with Crippen LogP contribution >= 0.6 is 0 Å². The van der Waals surface area contributed by atoms with Crippen LogP contribution in [0.1, 0.15) is 12.5 Å². The minimum Gasteiger partial charge on any atom is -0.465 e. The number of esters is 1. The Morgan fingerprint density at radius 2 is 2.40 bits per heavy atom. The third-order valence-corrected chi connectivity index (χ3v) is 1.75. The number of hydrogen-bond acceptors (Lipinski definition) is 4. The highest BCUT2D eigenvalue weighted by Gasteiger charge is 2.06. The summed E-state index contributed by atoms with van der Waals surface area (Å²) < 4.78 is 5.84. The lowest BCUT2D eigenvalue weighted by molar-refractivity contribution is -0.143.